The lowest BCUT2D eigenvalue weighted by atomic mass is 10.0. The first kappa shape index (κ1) is 13.9. The molecule has 1 aromatic rings. The molecule has 0 aromatic carbocycles. The molecule has 0 saturated carbocycles. The Kier molecular flexibility index (Phi) is 4.86. The Morgan fingerprint density at radius 3 is 2.76 bits per heavy atom. The zero-order valence-electron chi connectivity index (χ0n) is 9.55. The van der Waals surface area contributed by atoms with Gasteiger partial charge in [-0.1, -0.05) is 11.6 Å². The van der Waals surface area contributed by atoms with Crippen molar-refractivity contribution in [3.63, 3.8) is 0 Å². The van der Waals surface area contributed by atoms with Gasteiger partial charge >= 0.3 is 5.97 Å². The quantitative estimate of drug-likeness (QED) is 0.789. The van der Waals surface area contributed by atoms with Crippen LogP contribution in [0.3, 0.4) is 0 Å². The van der Waals surface area contributed by atoms with Crippen LogP contribution in [0.25, 0.3) is 0 Å². The van der Waals surface area contributed by atoms with Crippen molar-refractivity contribution in [1.82, 2.24) is 4.98 Å². The van der Waals surface area contributed by atoms with Crippen molar-refractivity contribution in [2.24, 2.45) is 0 Å². The number of carbonyl (C=O) groups excluding carboxylic acids is 1. The molecule has 0 amide bonds. The third-order valence-electron chi connectivity index (χ3n) is 2.33. The summed E-state index contributed by atoms with van der Waals surface area (Å²) in [6.07, 6.45) is -1.42. The smallest absolute Gasteiger partial charge is 0.308 e. The van der Waals surface area contributed by atoms with Gasteiger partial charge in [0.25, 0.3) is 0 Å². The second kappa shape index (κ2) is 5.95. The van der Waals surface area contributed by atoms with Gasteiger partial charge < -0.3 is 14.9 Å². The van der Waals surface area contributed by atoms with Crippen molar-refractivity contribution in [2.75, 3.05) is 7.11 Å². The predicted molar refractivity (Wildman–Crippen MR) is 61.6 cm³/mol. The third kappa shape index (κ3) is 3.66. The van der Waals surface area contributed by atoms with Crippen molar-refractivity contribution in [3.05, 3.63) is 28.5 Å². The van der Waals surface area contributed by atoms with E-state index in [0.717, 1.165) is 0 Å². The Hall–Kier alpha value is -1.17. The van der Waals surface area contributed by atoms with Gasteiger partial charge in [0.1, 0.15) is 6.10 Å². The van der Waals surface area contributed by atoms with Crippen LogP contribution in [-0.2, 0) is 9.53 Å². The van der Waals surface area contributed by atoms with E-state index in [0.29, 0.717) is 16.3 Å². The summed E-state index contributed by atoms with van der Waals surface area (Å²) in [5.41, 5.74) is 0.944. The maximum absolute atomic E-state index is 11.0. The van der Waals surface area contributed by atoms with E-state index in [2.05, 4.69) is 9.72 Å². The molecule has 1 heterocycles. The van der Waals surface area contributed by atoms with E-state index in [9.17, 15) is 15.0 Å². The zero-order chi connectivity index (χ0) is 13.0. The molecule has 0 saturated heterocycles. The largest absolute Gasteiger partial charge is 0.469 e. The van der Waals surface area contributed by atoms with Crippen LogP contribution in [0.2, 0.25) is 5.02 Å². The number of rotatable bonds is 4. The van der Waals surface area contributed by atoms with Crippen LogP contribution in [0.5, 0.6) is 0 Å². The maximum Gasteiger partial charge on any atom is 0.308 e. The minimum absolute atomic E-state index is 0.290. The Morgan fingerprint density at radius 1 is 1.59 bits per heavy atom. The summed E-state index contributed by atoms with van der Waals surface area (Å²) in [5.74, 6) is -0.594. The Bertz CT molecular complexity index is 410. The van der Waals surface area contributed by atoms with Crippen LogP contribution in [0, 0.1) is 6.92 Å². The number of ether oxygens (including phenoxy) is 1. The first-order chi connectivity index (χ1) is 7.95. The highest BCUT2D eigenvalue weighted by molar-refractivity contribution is 6.30. The van der Waals surface area contributed by atoms with E-state index < -0.39 is 18.2 Å². The summed E-state index contributed by atoms with van der Waals surface area (Å²) in [4.78, 5) is 14.9. The number of esters is 1. The number of hydrogen-bond donors (Lipinski definition) is 2. The molecule has 94 valence electrons. The van der Waals surface area contributed by atoms with Crippen LogP contribution >= 0.6 is 11.6 Å². The molecule has 2 N–H and O–H groups in total. The van der Waals surface area contributed by atoms with Gasteiger partial charge in [0, 0.05) is 6.20 Å². The molecule has 0 aliphatic carbocycles. The Morgan fingerprint density at radius 2 is 2.24 bits per heavy atom. The number of aliphatic hydroxyl groups excluding tert-OH is 2. The standard InChI is InChI=1S/C11H14ClNO4/c1-6-3-7(12)5-13-10(6)11(16)8(14)4-9(15)17-2/h3,5,8,11,14,16H,4H2,1-2H3. The molecule has 17 heavy (non-hydrogen) atoms. The van der Waals surface area contributed by atoms with Gasteiger partial charge in [0.05, 0.1) is 30.4 Å². The van der Waals surface area contributed by atoms with Crippen molar-refractivity contribution in [3.8, 4) is 0 Å². The number of hydrogen-bond acceptors (Lipinski definition) is 5. The maximum atomic E-state index is 11.0. The molecule has 2 unspecified atom stereocenters. The number of nitrogens with zero attached hydrogens (tertiary/aromatic N) is 1. The Balaban J connectivity index is 2.81. The van der Waals surface area contributed by atoms with E-state index in [1.807, 2.05) is 0 Å². The highest BCUT2D eigenvalue weighted by Crippen LogP contribution is 2.22. The van der Waals surface area contributed by atoms with Crippen molar-refractivity contribution < 1.29 is 19.7 Å². The first-order valence-corrected chi connectivity index (χ1v) is 5.38. The van der Waals surface area contributed by atoms with Crippen LogP contribution in [0.4, 0.5) is 0 Å². The normalized spacial score (nSPS) is 14.2. The highest BCUT2D eigenvalue weighted by atomic mass is 35.5. The average molecular weight is 260 g/mol. The summed E-state index contributed by atoms with van der Waals surface area (Å²) in [5, 5.41) is 19.9. The molecule has 2 atom stereocenters. The van der Waals surface area contributed by atoms with E-state index in [4.69, 9.17) is 11.6 Å². The highest BCUT2D eigenvalue weighted by Gasteiger charge is 2.24. The van der Waals surface area contributed by atoms with Gasteiger partial charge in [-0.25, -0.2) is 0 Å². The molecule has 0 radical (unpaired) electrons. The van der Waals surface area contributed by atoms with Crippen molar-refractivity contribution in [1.29, 1.82) is 0 Å². The average Bonchev–Trinajstić information content (AvgIpc) is 2.28. The second-order valence-electron chi connectivity index (χ2n) is 3.65. The van der Waals surface area contributed by atoms with Crippen LogP contribution in [0.15, 0.2) is 12.3 Å². The number of halogens is 1. The molecule has 1 rings (SSSR count). The van der Waals surface area contributed by atoms with Crippen molar-refractivity contribution in [2.45, 2.75) is 25.6 Å². The zero-order valence-corrected chi connectivity index (χ0v) is 10.3. The first-order valence-electron chi connectivity index (χ1n) is 5.00. The molecule has 5 nitrogen and oxygen atoms in total. The molecule has 0 bridgehead atoms. The van der Waals surface area contributed by atoms with E-state index in [1.165, 1.54) is 13.3 Å². The number of aromatic nitrogens is 1. The summed E-state index contributed by atoms with van der Waals surface area (Å²) in [7, 11) is 1.22. The number of methoxy groups -OCH3 is 1. The molecule has 0 aliphatic rings. The predicted octanol–water partition coefficient (Wildman–Crippen LogP) is 1.00. The molecule has 0 aliphatic heterocycles. The molecular formula is C11H14ClNO4. The summed E-state index contributed by atoms with van der Waals surface area (Å²) >= 11 is 5.73. The lowest BCUT2D eigenvalue weighted by Gasteiger charge is -2.17. The van der Waals surface area contributed by atoms with Gasteiger partial charge in [-0.2, -0.15) is 0 Å². The monoisotopic (exact) mass is 259 g/mol. The lowest BCUT2D eigenvalue weighted by Crippen LogP contribution is -2.24. The molecule has 6 heteroatoms. The SMILES string of the molecule is COC(=O)CC(O)C(O)c1ncc(Cl)cc1C. The van der Waals surface area contributed by atoms with Gasteiger partial charge in [-0.3, -0.25) is 9.78 Å². The van der Waals surface area contributed by atoms with Gasteiger partial charge in [-0.15, -0.1) is 0 Å². The second-order valence-corrected chi connectivity index (χ2v) is 4.08. The Labute approximate surface area is 104 Å². The fourth-order valence-electron chi connectivity index (χ4n) is 1.41. The third-order valence-corrected chi connectivity index (χ3v) is 2.54. The van der Waals surface area contributed by atoms with Crippen LogP contribution in [0.1, 0.15) is 23.8 Å². The van der Waals surface area contributed by atoms with Gasteiger partial charge in [-0.05, 0) is 18.6 Å². The number of aliphatic hydroxyl groups is 2. The van der Waals surface area contributed by atoms with Crippen molar-refractivity contribution >= 4 is 17.6 Å². The minimum Gasteiger partial charge on any atom is -0.469 e. The summed E-state index contributed by atoms with van der Waals surface area (Å²) in [6, 6.07) is 1.62. The number of pyridine rings is 1. The van der Waals surface area contributed by atoms with Gasteiger partial charge in [0.2, 0.25) is 0 Å². The van der Waals surface area contributed by atoms with E-state index in [-0.39, 0.29) is 6.42 Å². The summed E-state index contributed by atoms with van der Waals surface area (Å²) < 4.78 is 4.40. The number of carbonyl (C=O) groups is 1. The molecule has 1 aromatic heterocycles. The van der Waals surface area contributed by atoms with E-state index >= 15 is 0 Å². The number of aryl methyl sites for hydroxylation is 1. The fourth-order valence-corrected chi connectivity index (χ4v) is 1.62. The lowest BCUT2D eigenvalue weighted by molar-refractivity contribution is -0.144. The van der Waals surface area contributed by atoms with E-state index in [1.54, 1.807) is 13.0 Å². The molecular weight excluding hydrogens is 246 g/mol. The van der Waals surface area contributed by atoms with Crippen LogP contribution in [-0.4, -0.2) is 34.4 Å². The molecule has 0 spiro atoms. The summed E-state index contributed by atoms with van der Waals surface area (Å²) in [6.45, 7) is 1.71. The fraction of sp³-hybridized carbons (Fsp3) is 0.455. The minimum atomic E-state index is -1.25. The van der Waals surface area contributed by atoms with Crippen LogP contribution < -0.4 is 0 Å². The topological polar surface area (TPSA) is 79.7 Å². The molecule has 0 fully saturated rings. The van der Waals surface area contributed by atoms with Gasteiger partial charge in [0.15, 0.2) is 0 Å².